The fraction of sp³-hybridized carbons (Fsp3) is 0.400. The van der Waals surface area contributed by atoms with E-state index in [1.807, 2.05) is 0 Å². The lowest BCUT2D eigenvalue weighted by atomic mass is 10.1. The zero-order chi connectivity index (χ0) is 20.5. The maximum Gasteiger partial charge on any atom is 0.275 e. The summed E-state index contributed by atoms with van der Waals surface area (Å²) in [5, 5.41) is 2.67. The van der Waals surface area contributed by atoms with Crippen LogP contribution in [0.1, 0.15) is 22.6 Å². The molecule has 1 atom stereocenters. The number of amides is 1. The SMILES string of the molecule is Cc1cn2cc(NC(=O)c3cnc(N4CCC(CN(C)C)C4)cn3)cc(F)c2n1. The quantitative estimate of drug-likeness (QED) is 0.711. The summed E-state index contributed by atoms with van der Waals surface area (Å²) < 4.78 is 15.7. The van der Waals surface area contributed by atoms with E-state index in [0.29, 0.717) is 17.3 Å². The van der Waals surface area contributed by atoms with E-state index in [1.54, 1.807) is 29.9 Å². The number of imidazole rings is 1. The second-order valence-electron chi connectivity index (χ2n) is 7.77. The number of aryl methyl sites for hydroxylation is 1. The monoisotopic (exact) mass is 397 g/mol. The number of nitrogens with one attached hydrogen (secondary N) is 1. The van der Waals surface area contributed by atoms with Crippen LogP contribution in [0.3, 0.4) is 0 Å². The van der Waals surface area contributed by atoms with Crippen LogP contribution in [-0.2, 0) is 0 Å². The van der Waals surface area contributed by atoms with Gasteiger partial charge in [0.2, 0.25) is 0 Å². The first-order valence-corrected chi connectivity index (χ1v) is 9.57. The van der Waals surface area contributed by atoms with Crippen molar-refractivity contribution in [3.63, 3.8) is 0 Å². The Morgan fingerprint density at radius 2 is 2.14 bits per heavy atom. The Bertz CT molecular complexity index is 1030. The number of fused-ring (bicyclic) bond motifs is 1. The summed E-state index contributed by atoms with van der Waals surface area (Å²) in [7, 11) is 4.15. The first-order valence-electron chi connectivity index (χ1n) is 9.57. The molecule has 3 aromatic rings. The fourth-order valence-electron chi connectivity index (χ4n) is 3.75. The third kappa shape index (κ3) is 4.19. The summed E-state index contributed by atoms with van der Waals surface area (Å²) in [6.45, 7) is 4.69. The van der Waals surface area contributed by atoms with Gasteiger partial charge in [-0.2, -0.15) is 0 Å². The highest BCUT2D eigenvalue weighted by molar-refractivity contribution is 6.02. The predicted molar refractivity (Wildman–Crippen MR) is 109 cm³/mol. The van der Waals surface area contributed by atoms with Gasteiger partial charge < -0.3 is 19.5 Å². The van der Waals surface area contributed by atoms with Crippen molar-refractivity contribution in [2.24, 2.45) is 5.92 Å². The van der Waals surface area contributed by atoms with E-state index >= 15 is 0 Å². The lowest BCUT2D eigenvalue weighted by Gasteiger charge is -2.19. The van der Waals surface area contributed by atoms with Gasteiger partial charge in [-0.1, -0.05) is 0 Å². The summed E-state index contributed by atoms with van der Waals surface area (Å²) >= 11 is 0. The van der Waals surface area contributed by atoms with Crippen LogP contribution in [0.25, 0.3) is 5.65 Å². The zero-order valence-electron chi connectivity index (χ0n) is 16.8. The van der Waals surface area contributed by atoms with Crippen LogP contribution in [-0.4, -0.2) is 63.9 Å². The Morgan fingerprint density at radius 3 is 2.86 bits per heavy atom. The molecule has 4 rings (SSSR count). The standard InChI is InChI=1S/C20H24FN7O/c1-13-9-28-12-15(6-16(21)19(28)24-13)25-20(29)17-7-23-18(8-22-17)27-5-4-14(11-27)10-26(2)3/h6-9,12,14H,4-5,10-11H2,1-3H3,(H,25,29). The molecule has 1 N–H and O–H groups in total. The second-order valence-corrected chi connectivity index (χ2v) is 7.77. The Kier molecular flexibility index (Phi) is 5.14. The molecule has 1 unspecified atom stereocenters. The average Bonchev–Trinajstić information content (AvgIpc) is 3.27. The first-order chi connectivity index (χ1) is 13.9. The molecule has 8 nitrogen and oxygen atoms in total. The van der Waals surface area contributed by atoms with Gasteiger partial charge in [-0.3, -0.25) is 4.79 Å². The molecule has 9 heteroatoms. The number of hydrogen-bond donors (Lipinski definition) is 1. The number of carbonyl (C=O) groups is 1. The molecule has 1 amide bonds. The Labute approximate surface area is 168 Å². The first kappa shape index (κ1) is 19.3. The molecule has 0 spiro atoms. The number of hydrogen-bond acceptors (Lipinski definition) is 6. The van der Waals surface area contributed by atoms with Crippen molar-refractivity contribution in [3.8, 4) is 0 Å². The molecular weight excluding hydrogens is 373 g/mol. The molecule has 1 aliphatic heterocycles. The van der Waals surface area contributed by atoms with Crippen molar-refractivity contribution in [1.29, 1.82) is 0 Å². The van der Waals surface area contributed by atoms with Crippen LogP contribution < -0.4 is 10.2 Å². The number of anilines is 2. The number of pyridine rings is 1. The van der Waals surface area contributed by atoms with Crippen molar-refractivity contribution in [2.45, 2.75) is 13.3 Å². The number of carbonyl (C=O) groups excluding carboxylic acids is 1. The van der Waals surface area contributed by atoms with Gasteiger partial charge in [-0.25, -0.2) is 19.3 Å². The normalized spacial score (nSPS) is 16.7. The van der Waals surface area contributed by atoms with Gasteiger partial charge in [0, 0.05) is 38.1 Å². The highest BCUT2D eigenvalue weighted by Gasteiger charge is 2.24. The molecule has 0 saturated carbocycles. The van der Waals surface area contributed by atoms with Crippen LogP contribution >= 0.6 is 0 Å². The van der Waals surface area contributed by atoms with Crippen LogP contribution in [0.4, 0.5) is 15.9 Å². The average molecular weight is 397 g/mol. The molecule has 0 bridgehead atoms. The molecule has 152 valence electrons. The lowest BCUT2D eigenvalue weighted by Crippen LogP contribution is -2.26. The van der Waals surface area contributed by atoms with Crippen molar-refractivity contribution in [2.75, 3.05) is 43.9 Å². The molecule has 1 fully saturated rings. The van der Waals surface area contributed by atoms with E-state index in [1.165, 1.54) is 12.3 Å². The molecule has 1 saturated heterocycles. The summed E-state index contributed by atoms with van der Waals surface area (Å²) in [4.78, 5) is 29.6. The van der Waals surface area contributed by atoms with E-state index in [4.69, 9.17) is 0 Å². The molecule has 0 aromatic carbocycles. The highest BCUT2D eigenvalue weighted by atomic mass is 19.1. The van der Waals surface area contributed by atoms with E-state index in [9.17, 15) is 9.18 Å². The summed E-state index contributed by atoms with van der Waals surface area (Å²) in [6.07, 6.45) is 7.51. The van der Waals surface area contributed by atoms with E-state index < -0.39 is 11.7 Å². The number of rotatable bonds is 5. The Morgan fingerprint density at radius 1 is 1.31 bits per heavy atom. The van der Waals surface area contributed by atoms with Crippen LogP contribution in [0.2, 0.25) is 0 Å². The predicted octanol–water partition coefficient (Wildman–Crippen LogP) is 2.21. The lowest BCUT2D eigenvalue weighted by molar-refractivity contribution is 0.102. The van der Waals surface area contributed by atoms with Crippen LogP contribution in [0.5, 0.6) is 0 Å². The summed E-state index contributed by atoms with van der Waals surface area (Å²) in [5.41, 5.74) is 1.43. The topological polar surface area (TPSA) is 78.7 Å². The van der Waals surface area contributed by atoms with Gasteiger partial charge in [0.25, 0.3) is 5.91 Å². The smallest absolute Gasteiger partial charge is 0.275 e. The van der Waals surface area contributed by atoms with Crippen molar-refractivity contribution < 1.29 is 9.18 Å². The fourth-order valence-corrected chi connectivity index (χ4v) is 3.75. The van der Waals surface area contributed by atoms with Gasteiger partial charge in [0.05, 0.1) is 23.8 Å². The van der Waals surface area contributed by atoms with Gasteiger partial charge in [-0.05, 0) is 33.4 Å². The highest BCUT2D eigenvalue weighted by Crippen LogP contribution is 2.22. The van der Waals surface area contributed by atoms with Crippen molar-refractivity contribution in [3.05, 3.63) is 48.1 Å². The largest absolute Gasteiger partial charge is 0.355 e. The molecule has 3 aromatic heterocycles. The maximum absolute atomic E-state index is 14.2. The van der Waals surface area contributed by atoms with Crippen molar-refractivity contribution in [1.82, 2.24) is 24.3 Å². The van der Waals surface area contributed by atoms with Crippen LogP contribution in [0, 0.1) is 18.7 Å². The summed E-state index contributed by atoms with van der Waals surface area (Å²) in [6, 6.07) is 1.25. The molecule has 1 aliphatic rings. The van der Waals surface area contributed by atoms with Gasteiger partial charge >= 0.3 is 0 Å². The van der Waals surface area contributed by atoms with E-state index in [2.05, 4.69) is 44.2 Å². The minimum atomic E-state index is -0.501. The number of nitrogens with zero attached hydrogens (tertiary/aromatic N) is 6. The molecule has 4 heterocycles. The van der Waals surface area contributed by atoms with Gasteiger partial charge in [0.15, 0.2) is 11.5 Å². The second kappa shape index (κ2) is 7.75. The third-order valence-corrected chi connectivity index (χ3v) is 4.99. The maximum atomic E-state index is 14.2. The third-order valence-electron chi connectivity index (χ3n) is 4.99. The molecule has 0 aliphatic carbocycles. The molecule has 0 radical (unpaired) electrons. The number of halogens is 1. The van der Waals surface area contributed by atoms with Gasteiger partial charge in [-0.15, -0.1) is 0 Å². The Hall–Kier alpha value is -3.07. The van der Waals surface area contributed by atoms with Crippen molar-refractivity contribution >= 4 is 23.1 Å². The summed E-state index contributed by atoms with van der Waals surface area (Å²) in [5.74, 6) is 0.431. The Balaban J connectivity index is 1.43. The molecular formula is C20H24FN7O. The van der Waals surface area contributed by atoms with E-state index in [0.717, 1.165) is 31.9 Å². The van der Waals surface area contributed by atoms with Crippen LogP contribution in [0.15, 0.2) is 30.9 Å². The molecule has 29 heavy (non-hydrogen) atoms. The van der Waals surface area contributed by atoms with E-state index in [-0.39, 0.29) is 11.3 Å². The zero-order valence-corrected chi connectivity index (χ0v) is 16.8. The van der Waals surface area contributed by atoms with Gasteiger partial charge in [0.1, 0.15) is 11.5 Å². The minimum absolute atomic E-state index is 0.181. The minimum Gasteiger partial charge on any atom is -0.355 e. The number of aromatic nitrogens is 4.